The molecular weight excluding hydrogens is 584 g/mol. The van der Waals surface area contributed by atoms with Gasteiger partial charge in [-0.1, -0.05) is 60.2 Å². The van der Waals surface area contributed by atoms with Crippen molar-refractivity contribution >= 4 is 17.7 Å². The summed E-state index contributed by atoms with van der Waals surface area (Å²) in [6, 6.07) is 19.5. The van der Waals surface area contributed by atoms with Crippen molar-refractivity contribution in [2.45, 2.75) is 96.1 Å². The number of nitrogens with zero attached hydrogens (tertiary/aromatic N) is 2. The normalized spacial score (nSPS) is 20.7. The van der Waals surface area contributed by atoms with Gasteiger partial charge in [0.05, 0.1) is 18.9 Å². The van der Waals surface area contributed by atoms with E-state index in [4.69, 9.17) is 24.0 Å². The molecule has 0 amide bonds. The van der Waals surface area contributed by atoms with Crippen LogP contribution in [-0.2, 0) is 30.3 Å². The van der Waals surface area contributed by atoms with Gasteiger partial charge >= 0.3 is 5.97 Å². The van der Waals surface area contributed by atoms with E-state index in [2.05, 4.69) is 66.2 Å². The molecule has 1 saturated heterocycles. The van der Waals surface area contributed by atoms with E-state index >= 15 is 0 Å². The number of carbonyl (C=O) groups is 1. The molecular formula is C37H50N2O5S. The maximum atomic E-state index is 12.0. The summed E-state index contributed by atoms with van der Waals surface area (Å²) in [5, 5.41) is 6.36. The number of benzene rings is 2. The lowest BCUT2D eigenvalue weighted by Crippen LogP contribution is -2.28. The molecule has 7 nitrogen and oxygen atoms in total. The Bertz CT molecular complexity index is 1350. The summed E-state index contributed by atoms with van der Waals surface area (Å²) in [4.78, 5) is 12.0. The lowest BCUT2D eigenvalue weighted by molar-refractivity contribution is -0.160. The number of hydrogen-bond donors (Lipinski definition) is 0. The zero-order valence-electron chi connectivity index (χ0n) is 27.5. The fraction of sp³-hybridized carbons (Fsp3) is 0.568. The Morgan fingerprint density at radius 1 is 0.978 bits per heavy atom. The molecule has 0 N–H and O–H groups in total. The molecule has 0 radical (unpaired) electrons. The highest BCUT2D eigenvalue weighted by atomic mass is 32.2. The molecule has 0 spiro atoms. The van der Waals surface area contributed by atoms with Crippen LogP contribution in [0.25, 0.3) is 22.4 Å². The van der Waals surface area contributed by atoms with Gasteiger partial charge in [0.25, 0.3) is 0 Å². The van der Waals surface area contributed by atoms with Crippen LogP contribution in [0.1, 0.15) is 71.3 Å². The second kappa shape index (κ2) is 16.3. The summed E-state index contributed by atoms with van der Waals surface area (Å²) in [6.45, 7) is 10.7. The van der Waals surface area contributed by atoms with E-state index in [0.717, 1.165) is 62.5 Å². The Kier molecular flexibility index (Phi) is 12.2. The van der Waals surface area contributed by atoms with E-state index in [0.29, 0.717) is 25.0 Å². The number of aryl methyl sites for hydroxylation is 1. The molecule has 244 valence electrons. The number of rotatable bonds is 13. The van der Waals surface area contributed by atoms with E-state index in [1.807, 2.05) is 20.8 Å². The fourth-order valence-electron chi connectivity index (χ4n) is 6.29. The molecule has 2 aromatic carbocycles. The lowest BCUT2D eigenvalue weighted by Gasteiger charge is -2.29. The number of thioether (sulfide) groups is 1. The fourth-order valence-corrected chi connectivity index (χ4v) is 7.18. The van der Waals surface area contributed by atoms with Gasteiger partial charge in [0, 0.05) is 30.0 Å². The van der Waals surface area contributed by atoms with Crippen molar-refractivity contribution in [2.24, 2.45) is 11.8 Å². The largest absolute Gasteiger partial charge is 0.458 e. The van der Waals surface area contributed by atoms with E-state index < -0.39 is 5.60 Å². The molecule has 3 aromatic rings. The number of ether oxygens (including phenoxy) is 4. The summed E-state index contributed by atoms with van der Waals surface area (Å²) in [7, 11) is 0. The zero-order valence-corrected chi connectivity index (χ0v) is 28.3. The first-order valence-corrected chi connectivity index (χ1v) is 17.6. The predicted octanol–water partition coefficient (Wildman–Crippen LogP) is 8.33. The van der Waals surface area contributed by atoms with Gasteiger partial charge in [-0.15, -0.1) is 11.8 Å². The quantitative estimate of drug-likeness (QED) is 0.106. The van der Waals surface area contributed by atoms with Crippen LogP contribution in [0.4, 0.5) is 0 Å². The standard InChI is InChI=1S/C37H50N2O5S/c1-27-11-10-14-31(23-27)34-35(30-12-6-5-7-13-30)39(38-36(34)45-22-21-43-33-15-8-9-20-42-33)24-28-16-18-29(19-17-28)25-41-26-32(40)44-37(2,3)4/h5-7,10-14,23,28-29,33H,8-9,15-22,24-26H2,1-4H3/t28-,29-,33?. The molecule has 8 heteroatoms. The first kappa shape index (κ1) is 33.7. The second-order valence-electron chi connectivity index (χ2n) is 13.5. The van der Waals surface area contributed by atoms with Gasteiger partial charge in [-0.2, -0.15) is 5.10 Å². The van der Waals surface area contributed by atoms with E-state index in [-0.39, 0.29) is 18.9 Å². The van der Waals surface area contributed by atoms with Crippen molar-refractivity contribution in [3.8, 4) is 22.4 Å². The molecule has 1 atom stereocenters. The Morgan fingerprint density at radius 2 is 1.73 bits per heavy atom. The van der Waals surface area contributed by atoms with Crippen molar-refractivity contribution in [3.63, 3.8) is 0 Å². The summed E-state index contributed by atoms with van der Waals surface area (Å²) >= 11 is 1.78. The predicted molar refractivity (Wildman–Crippen MR) is 180 cm³/mol. The SMILES string of the molecule is Cc1cccc(-c2c(SCCOC3CCCCO3)nn(C[C@H]3CC[C@H](COCC(=O)OC(C)(C)C)CC3)c2-c2ccccc2)c1. The van der Waals surface area contributed by atoms with Gasteiger partial charge in [-0.05, 0) is 90.0 Å². The summed E-state index contributed by atoms with van der Waals surface area (Å²) in [6.07, 6.45) is 7.61. The second-order valence-corrected chi connectivity index (χ2v) is 14.5. The van der Waals surface area contributed by atoms with E-state index in [9.17, 15) is 4.79 Å². The highest BCUT2D eigenvalue weighted by Gasteiger charge is 2.27. The molecule has 1 aromatic heterocycles. The van der Waals surface area contributed by atoms with Crippen LogP contribution >= 0.6 is 11.8 Å². The average Bonchev–Trinajstić information content (AvgIpc) is 3.38. The Labute approximate surface area is 273 Å². The molecule has 1 saturated carbocycles. The van der Waals surface area contributed by atoms with Crippen LogP contribution in [-0.4, -0.2) is 59.8 Å². The van der Waals surface area contributed by atoms with Gasteiger partial charge in [-0.25, -0.2) is 4.79 Å². The smallest absolute Gasteiger partial charge is 0.332 e. The minimum atomic E-state index is -0.487. The molecule has 5 rings (SSSR count). The molecule has 2 aliphatic rings. The van der Waals surface area contributed by atoms with E-state index in [1.54, 1.807) is 11.8 Å². The third-order valence-electron chi connectivity index (χ3n) is 8.43. The Balaban J connectivity index is 1.29. The third-order valence-corrected chi connectivity index (χ3v) is 9.36. The molecule has 45 heavy (non-hydrogen) atoms. The number of aromatic nitrogens is 2. The summed E-state index contributed by atoms with van der Waals surface area (Å²) in [5.74, 6) is 1.52. The van der Waals surface area contributed by atoms with Crippen LogP contribution < -0.4 is 0 Å². The Morgan fingerprint density at radius 3 is 2.44 bits per heavy atom. The van der Waals surface area contributed by atoms with Crippen molar-refractivity contribution in [1.29, 1.82) is 0 Å². The third kappa shape index (κ3) is 10.2. The van der Waals surface area contributed by atoms with E-state index in [1.165, 1.54) is 34.4 Å². The maximum Gasteiger partial charge on any atom is 0.332 e. The number of hydrogen-bond acceptors (Lipinski definition) is 7. The molecule has 2 fully saturated rings. The van der Waals surface area contributed by atoms with Gasteiger partial charge in [0.1, 0.15) is 17.2 Å². The lowest BCUT2D eigenvalue weighted by atomic mass is 9.82. The number of esters is 1. The topological polar surface area (TPSA) is 71.8 Å². The Hall–Kier alpha value is -2.65. The molecule has 0 bridgehead atoms. The highest BCUT2D eigenvalue weighted by molar-refractivity contribution is 7.99. The summed E-state index contributed by atoms with van der Waals surface area (Å²) in [5.41, 5.74) is 5.52. The number of carbonyl (C=O) groups excluding carboxylic acids is 1. The monoisotopic (exact) mass is 634 g/mol. The average molecular weight is 635 g/mol. The van der Waals surface area contributed by atoms with Crippen molar-refractivity contribution in [3.05, 3.63) is 60.2 Å². The van der Waals surface area contributed by atoms with Crippen molar-refractivity contribution in [2.75, 3.05) is 32.2 Å². The van der Waals surface area contributed by atoms with Gasteiger partial charge in [0.2, 0.25) is 0 Å². The van der Waals surface area contributed by atoms with Crippen LogP contribution in [0.5, 0.6) is 0 Å². The van der Waals surface area contributed by atoms with Crippen molar-refractivity contribution < 1.29 is 23.7 Å². The van der Waals surface area contributed by atoms with Gasteiger partial charge in [0.15, 0.2) is 6.29 Å². The van der Waals surface area contributed by atoms with Crippen molar-refractivity contribution in [1.82, 2.24) is 9.78 Å². The molecule has 2 heterocycles. The molecule has 1 aliphatic carbocycles. The zero-order chi connectivity index (χ0) is 31.6. The molecule has 1 aliphatic heterocycles. The highest BCUT2D eigenvalue weighted by Crippen LogP contribution is 2.41. The van der Waals surface area contributed by atoms with Crippen LogP contribution in [0.15, 0.2) is 59.6 Å². The van der Waals surface area contributed by atoms with Crippen LogP contribution in [0.2, 0.25) is 0 Å². The minimum Gasteiger partial charge on any atom is -0.458 e. The first-order valence-electron chi connectivity index (χ1n) is 16.6. The molecule has 1 unspecified atom stereocenters. The summed E-state index contributed by atoms with van der Waals surface area (Å²) < 4.78 is 25.3. The first-order chi connectivity index (χ1) is 21.7. The van der Waals surface area contributed by atoms with Gasteiger partial charge < -0.3 is 18.9 Å². The maximum absolute atomic E-state index is 12.0. The van der Waals surface area contributed by atoms with Crippen LogP contribution in [0.3, 0.4) is 0 Å². The minimum absolute atomic E-state index is 0.0197. The van der Waals surface area contributed by atoms with Crippen LogP contribution in [0, 0.1) is 18.8 Å². The van der Waals surface area contributed by atoms with Gasteiger partial charge in [-0.3, -0.25) is 4.68 Å².